The minimum Gasteiger partial charge on any atom is -0.478 e. The lowest BCUT2D eigenvalue weighted by Crippen LogP contribution is -2.32. The Morgan fingerprint density at radius 2 is 2.16 bits per heavy atom. The molecule has 3 heterocycles. The zero-order valence-electron chi connectivity index (χ0n) is 14.1. The zero-order valence-corrected chi connectivity index (χ0v) is 16.6. The third kappa shape index (κ3) is 5.05. The van der Waals surface area contributed by atoms with Crippen molar-refractivity contribution in [2.24, 2.45) is 0 Å². The predicted octanol–water partition coefficient (Wildman–Crippen LogP) is 5.08. The third-order valence-corrected chi connectivity index (χ3v) is 6.14. The molecule has 0 saturated carbocycles. The number of thiophene rings is 2. The van der Waals surface area contributed by atoms with E-state index in [1.54, 1.807) is 22.7 Å². The molecular weight excluding hydrogens is 374 g/mol. The van der Waals surface area contributed by atoms with Crippen LogP contribution in [0.15, 0.2) is 46.7 Å². The molecule has 0 spiro atoms. The van der Waals surface area contributed by atoms with Crippen molar-refractivity contribution < 1.29 is 9.90 Å². The molecule has 1 N–H and O–H groups in total. The van der Waals surface area contributed by atoms with Crippen molar-refractivity contribution in [2.45, 2.75) is 19.8 Å². The van der Waals surface area contributed by atoms with Crippen LogP contribution >= 0.6 is 35.1 Å². The molecule has 25 heavy (non-hydrogen) atoms. The standard InChI is InChI=1S/C19H21NO2S2.ClH/c1-14-8-12-24-18(14)16(17-7-4-11-23-17)6-3-10-20-9-2-5-15(13-20)19(21)22;/h4-8,11-12H,2-3,9-10,13H2,1H3,(H,21,22);1H/b16-6-;. The van der Waals surface area contributed by atoms with E-state index in [-0.39, 0.29) is 12.4 Å². The van der Waals surface area contributed by atoms with E-state index in [9.17, 15) is 4.79 Å². The average molecular weight is 396 g/mol. The highest BCUT2D eigenvalue weighted by atomic mass is 35.5. The fraction of sp³-hybridized carbons (Fsp3) is 0.316. The second-order valence-corrected chi connectivity index (χ2v) is 7.78. The maximum absolute atomic E-state index is 11.1. The van der Waals surface area contributed by atoms with Crippen LogP contribution in [0.3, 0.4) is 0 Å². The summed E-state index contributed by atoms with van der Waals surface area (Å²) in [6.07, 6.45) is 5.91. The Labute approximate surface area is 162 Å². The van der Waals surface area contributed by atoms with E-state index in [0.29, 0.717) is 12.1 Å². The smallest absolute Gasteiger partial charge is 0.332 e. The molecule has 0 aliphatic carbocycles. The first kappa shape index (κ1) is 19.9. The van der Waals surface area contributed by atoms with Crippen LogP contribution in [-0.4, -0.2) is 35.6 Å². The molecule has 3 rings (SSSR count). The van der Waals surface area contributed by atoms with Gasteiger partial charge in [0.15, 0.2) is 0 Å². The molecule has 1 aliphatic rings. The first-order valence-electron chi connectivity index (χ1n) is 8.08. The van der Waals surface area contributed by atoms with Gasteiger partial charge in [-0.25, -0.2) is 4.79 Å². The van der Waals surface area contributed by atoms with Gasteiger partial charge in [0.2, 0.25) is 0 Å². The topological polar surface area (TPSA) is 40.5 Å². The van der Waals surface area contributed by atoms with Crippen molar-refractivity contribution in [3.05, 3.63) is 62.0 Å². The first-order valence-corrected chi connectivity index (χ1v) is 9.84. The molecule has 0 amide bonds. The van der Waals surface area contributed by atoms with Crippen LogP contribution in [0.5, 0.6) is 0 Å². The van der Waals surface area contributed by atoms with E-state index in [0.717, 1.165) is 25.9 Å². The number of carboxylic acids is 1. The molecule has 0 bridgehead atoms. The summed E-state index contributed by atoms with van der Waals surface area (Å²) in [6, 6.07) is 6.42. The van der Waals surface area contributed by atoms with Crippen LogP contribution in [0.25, 0.3) is 5.57 Å². The highest BCUT2D eigenvalue weighted by molar-refractivity contribution is 7.13. The molecule has 0 saturated heterocycles. The summed E-state index contributed by atoms with van der Waals surface area (Å²) in [5.74, 6) is -0.788. The van der Waals surface area contributed by atoms with E-state index in [1.165, 1.54) is 20.9 Å². The van der Waals surface area contributed by atoms with E-state index < -0.39 is 5.97 Å². The Bertz CT molecular complexity index is 762. The summed E-state index contributed by atoms with van der Waals surface area (Å²) in [4.78, 5) is 16.0. The van der Waals surface area contributed by atoms with Gasteiger partial charge < -0.3 is 5.11 Å². The van der Waals surface area contributed by atoms with Crippen molar-refractivity contribution in [1.82, 2.24) is 4.90 Å². The lowest BCUT2D eigenvalue weighted by molar-refractivity contribution is -0.133. The van der Waals surface area contributed by atoms with Gasteiger partial charge in [0.05, 0.1) is 0 Å². The molecule has 2 aromatic heterocycles. The van der Waals surface area contributed by atoms with Gasteiger partial charge in [0.25, 0.3) is 0 Å². The number of carbonyl (C=O) groups is 1. The Balaban J connectivity index is 0.00000225. The fourth-order valence-corrected chi connectivity index (χ4v) is 4.75. The summed E-state index contributed by atoms with van der Waals surface area (Å²) in [5, 5.41) is 13.4. The van der Waals surface area contributed by atoms with Gasteiger partial charge in [-0.1, -0.05) is 18.2 Å². The second-order valence-electron chi connectivity index (χ2n) is 5.92. The lowest BCUT2D eigenvalue weighted by Gasteiger charge is -2.25. The summed E-state index contributed by atoms with van der Waals surface area (Å²) in [6.45, 7) is 4.54. The minimum atomic E-state index is -0.788. The Morgan fingerprint density at radius 1 is 1.32 bits per heavy atom. The molecule has 6 heteroatoms. The van der Waals surface area contributed by atoms with Crippen LogP contribution in [0.4, 0.5) is 0 Å². The number of hydrogen-bond donors (Lipinski definition) is 1. The lowest BCUT2D eigenvalue weighted by atomic mass is 10.1. The molecule has 0 unspecified atom stereocenters. The SMILES string of the molecule is Cc1ccsc1/C(=C\CCN1CCC=C(C(=O)O)C1)c1cccs1.Cl. The van der Waals surface area contributed by atoms with Crippen molar-refractivity contribution in [3.63, 3.8) is 0 Å². The zero-order chi connectivity index (χ0) is 16.9. The fourth-order valence-electron chi connectivity index (χ4n) is 2.93. The molecule has 0 fully saturated rings. The predicted molar refractivity (Wildman–Crippen MR) is 109 cm³/mol. The monoisotopic (exact) mass is 395 g/mol. The quantitative estimate of drug-likeness (QED) is 0.741. The van der Waals surface area contributed by atoms with E-state index in [1.807, 2.05) is 6.08 Å². The highest BCUT2D eigenvalue weighted by Gasteiger charge is 2.17. The van der Waals surface area contributed by atoms with E-state index in [4.69, 9.17) is 5.11 Å². The molecular formula is C19H22ClNO2S2. The van der Waals surface area contributed by atoms with Gasteiger partial charge in [-0.3, -0.25) is 4.90 Å². The number of nitrogens with zero attached hydrogens (tertiary/aromatic N) is 1. The Hall–Kier alpha value is -1.40. The summed E-state index contributed by atoms with van der Waals surface area (Å²) in [7, 11) is 0. The van der Waals surface area contributed by atoms with Crippen LogP contribution in [-0.2, 0) is 4.79 Å². The van der Waals surface area contributed by atoms with Gasteiger partial charge in [-0.05, 0) is 48.2 Å². The van der Waals surface area contributed by atoms with Gasteiger partial charge in [-0.2, -0.15) is 0 Å². The van der Waals surface area contributed by atoms with Gasteiger partial charge >= 0.3 is 5.97 Å². The number of rotatable bonds is 6. The Kier molecular flexibility index (Phi) is 7.44. The molecule has 2 aromatic rings. The number of carboxylic acid groups (broad SMARTS) is 1. The van der Waals surface area contributed by atoms with Gasteiger partial charge in [-0.15, -0.1) is 35.1 Å². The van der Waals surface area contributed by atoms with Crippen molar-refractivity contribution >= 4 is 46.6 Å². The first-order chi connectivity index (χ1) is 11.6. The molecule has 3 nitrogen and oxygen atoms in total. The average Bonchev–Trinajstić information content (AvgIpc) is 3.24. The minimum absolute atomic E-state index is 0. The largest absolute Gasteiger partial charge is 0.478 e. The second kappa shape index (κ2) is 9.34. The molecule has 0 atom stereocenters. The molecule has 134 valence electrons. The van der Waals surface area contributed by atoms with Crippen molar-refractivity contribution in [1.29, 1.82) is 0 Å². The van der Waals surface area contributed by atoms with Crippen LogP contribution in [0.2, 0.25) is 0 Å². The maximum atomic E-state index is 11.1. The molecule has 1 aliphatic heterocycles. The summed E-state index contributed by atoms with van der Waals surface area (Å²) in [5.41, 5.74) is 3.15. The van der Waals surface area contributed by atoms with Crippen LogP contribution in [0, 0.1) is 6.92 Å². The highest BCUT2D eigenvalue weighted by Crippen LogP contribution is 2.33. The van der Waals surface area contributed by atoms with Gasteiger partial charge in [0, 0.05) is 40.5 Å². The molecule has 0 aromatic carbocycles. The van der Waals surface area contributed by atoms with Gasteiger partial charge in [0.1, 0.15) is 0 Å². The van der Waals surface area contributed by atoms with Crippen LogP contribution in [0.1, 0.15) is 28.2 Å². The van der Waals surface area contributed by atoms with Crippen LogP contribution < -0.4 is 0 Å². The number of halogens is 1. The summed E-state index contributed by atoms with van der Waals surface area (Å²) < 4.78 is 0. The van der Waals surface area contributed by atoms with Crippen molar-refractivity contribution in [2.75, 3.05) is 19.6 Å². The number of aryl methyl sites for hydroxylation is 1. The summed E-state index contributed by atoms with van der Waals surface area (Å²) >= 11 is 3.55. The number of hydrogen-bond acceptors (Lipinski definition) is 4. The number of aliphatic carboxylic acids is 1. The normalized spacial score (nSPS) is 15.6. The van der Waals surface area contributed by atoms with E-state index in [2.05, 4.69) is 46.9 Å². The maximum Gasteiger partial charge on any atom is 0.332 e. The van der Waals surface area contributed by atoms with Crippen molar-refractivity contribution in [3.8, 4) is 0 Å². The molecule has 0 radical (unpaired) electrons. The Morgan fingerprint density at radius 3 is 2.80 bits per heavy atom. The third-order valence-electron chi connectivity index (χ3n) is 4.19. The van der Waals surface area contributed by atoms with E-state index >= 15 is 0 Å².